The van der Waals surface area contributed by atoms with Crippen LogP contribution in [-0.4, -0.2) is 29.3 Å². The second-order valence-corrected chi connectivity index (χ2v) is 7.89. The van der Waals surface area contributed by atoms with Crippen molar-refractivity contribution >= 4 is 23.2 Å². The molecule has 28 heavy (non-hydrogen) atoms. The maximum Gasteiger partial charge on any atom is 0.416 e. The Morgan fingerprint density at radius 2 is 2.07 bits per heavy atom. The van der Waals surface area contributed by atoms with Gasteiger partial charge in [0, 0.05) is 11.4 Å². The van der Waals surface area contributed by atoms with Crippen LogP contribution in [0.15, 0.2) is 41.8 Å². The van der Waals surface area contributed by atoms with E-state index in [4.69, 9.17) is 0 Å². The molecule has 2 aromatic rings. The summed E-state index contributed by atoms with van der Waals surface area (Å²) in [6.45, 7) is 2.15. The zero-order valence-corrected chi connectivity index (χ0v) is 16.1. The van der Waals surface area contributed by atoms with Gasteiger partial charge in [0.15, 0.2) is 0 Å². The van der Waals surface area contributed by atoms with Crippen molar-refractivity contribution in [2.75, 3.05) is 6.54 Å². The summed E-state index contributed by atoms with van der Waals surface area (Å²) in [6, 6.07) is 7.49. The Balaban J connectivity index is 1.65. The van der Waals surface area contributed by atoms with Crippen LogP contribution in [0.1, 0.15) is 41.8 Å². The first-order valence-corrected chi connectivity index (χ1v) is 9.93. The van der Waals surface area contributed by atoms with Crippen molar-refractivity contribution in [2.24, 2.45) is 0 Å². The van der Waals surface area contributed by atoms with Gasteiger partial charge in [0.25, 0.3) is 0 Å². The Labute approximate surface area is 165 Å². The molecule has 0 saturated carbocycles. The molecule has 2 heterocycles. The second kappa shape index (κ2) is 8.34. The third kappa shape index (κ3) is 4.73. The second-order valence-electron chi connectivity index (χ2n) is 6.85. The molecular formula is C20H21F3N2O2S. The van der Waals surface area contributed by atoms with Crippen LogP contribution >= 0.6 is 11.3 Å². The number of alkyl halides is 3. The predicted molar refractivity (Wildman–Crippen MR) is 101 cm³/mol. The molecule has 1 aliphatic heterocycles. The van der Waals surface area contributed by atoms with Gasteiger partial charge >= 0.3 is 6.18 Å². The van der Waals surface area contributed by atoms with E-state index in [1.54, 1.807) is 17.9 Å². The van der Waals surface area contributed by atoms with Gasteiger partial charge in [0.2, 0.25) is 11.8 Å². The smallest absolute Gasteiger partial charge is 0.348 e. The lowest BCUT2D eigenvalue weighted by molar-refractivity contribution is -0.138. The number of thiophene rings is 1. The van der Waals surface area contributed by atoms with Gasteiger partial charge in [-0.3, -0.25) is 9.59 Å². The first-order chi connectivity index (χ1) is 13.3. The van der Waals surface area contributed by atoms with E-state index in [-0.39, 0.29) is 18.2 Å². The molecule has 0 spiro atoms. The number of carbonyl (C=O) groups excluding carboxylic acids is 2. The molecule has 150 valence electrons. The minimum absolute atomic E-state index is 0.105. The number of hydrogen-bond acceptors (Lipinski definition) is 3. The largest absolute Gasteiger partial charge is 0.416 e. The Morgan fingerprint density at radius 1 is 1.29 bits per heavy atom. The van der Waals surface area contributed by atoms with E-state index in [0.29, 0.717) is 18.5 Å². The van der Waals surface area contributed by atoms with Gasteiger partial charge < -0.3 is 10.2 Å². The van der Waals surface area contributed by atoms with Gasteiger partial charge in [0.1, 0.15) is 6.04 Å². The minimum Gasteiger partial charge on any atom is -0.348 e. The lowest BCUT2D eigenvalue weighted by Gasteiger charge is -2.26. The van der Waals surface area contributed by atoms with Crippen LogP contribution in [0.3, 0.4) is 0 Å². The number of halogens is 3. The van der Waals surface area contributed by atoms with Gasteiger partial charge in [0.05, 0.1) is 18.0 Å². The van der Waals surface area contributed by atoms with E-state index >= 15 is 0 Å². The van der Waals surface area contributed by atoms with Crippen molar-refractivity contribution in [1.29, 1.82) is 0 Å². The minimum atomic E-state index is -4.43. The topological polar surface area (TPSA) is 49.4 Å². The van der Waals surface area contributed by atoms with Crippen LogP contribution in [-0.2, 0) is 22.2 Å². The standard InChI is InChI=1S/C20H21F3N2O2S/c1-13(14-5-2-6-15(11-14)20(21,22)23)24-19(27)17-8-3-9-25(17)18(26)12-16-7-4-10-28-16/h2,4-7,10-11,13,17H,3,8-9,12H2,1H3,(H,24,27). The molecular weight excluding hydrogens is 389 g/mol. The number of nitrogens with zero attached hydrogens (tertiary/aromatic N) is 1. The molecule has 8 heteroatoms. The summed E-state index contributed by atoms with van der Waals surface area (Å²) in [5, 5.41) is 4.66. The number of amides is 2. The summed E-state index contributed by atoms with van der Waals surface area (Å²) >= 11 is 1.49. The highest BCUT2D eigenvalue weighted by Gasteiger charge is 2.35. The van der Waals surface area contributed by atoms with Gasteiger partial charge in [-0.2, -0.15) is 13.2 Å². The lowest BCUT2D eigenvalue weighted by atomic mass is 10.0. The SMILES string of the molecule is CC(NC(=O)C1CCCN1C(=O)Cc1cccs1)c1cccc(C(F)(F)F)c1. The predicted octanol–water partition coefficient (Wildman–Crippen LogP) is 4.18. The summed E-state index contributed by atoms with van der Waals surface area (Å²) < 4.78 is 38.7. The summed E-state index contributed by atoms with van der Waals surface area (Å²) in [7, 11) is 0. The molecule has 0 radical (unpaired) electrons. The van der Waals surface area contributed by atoms with Crippen LogP contribution in [0.5, 0.6) is 0 Å². The Hall–Kier alpha value is -2.35. The Bertz CT molecular complexity index is 836. The first-order valence-electron chi connectivity index (χ1n) is 9.05. The highest BCUT2D eigenvalue weighted by molar-refractivity contribution is 7.10. The Morgan fingerprint density at radius 3 is 2.75 bits per heavy atom. The number of likely N-dealkylation sites (tertiary alicyclic amines) is 1. The molecule has 1 aromatic heterocycles. The molecule has 0 aliphatic carbocycles. The average molecular weight is 410 g/mol. The van der Waals surface area contributed by atoms with Crippen molar-refractivity contribution in [3.05, 3.63) is 57.8 Å². The zero-order chi connectivity index (χ0) is 20.3. The van der Waals surface area contributed by atoms with Crippen molar-refractivity contribution in [3.63, 3.8) is 0 Å². The molecule has 2 amide bonds. The van der Waals surface area contributed by atoms with Crippen molar-refractivity contribution < 1.29 is 22.8 Å². The van der Waals surface area contributed by atoms with Crippen LogP contribution in [0, 0.1) is 0 Å². The number of carbonyl (C=O) groups is 2. The fourth-order valence-corrected chi connectivity index (χ4v) is 4.07. The fourth-order valence-electron chi connectivity index (χ4n) is 3.38. The van der Waals surface area contributed by atoms with Gasteiger partial charge in [-0.15, -0.1) is 11.3 Å². The Kier molecular flexibility index (Phi) is 6.07. The highest BCUT2D eigenvalue weighted by atomic mass is 32.1. The van der Waals surface area contributed by atoms with E-state index in [0.717, 1.165) is 23.4 Å². The third-order valence-electron chi connectivity index (χ3n) is 4.85. The molecule has 2 atom stereocenters. The van der Waals surface area contributed by atoms with E-state index in [9.17, 15) is 22.8 Å². The third-order valence-corrected chi connectivity index (χ3v) is 5.73. The van der Waals surface area contributed by atoms with Crippen LogP contribution < -0.4 is 5.32 Å². The normalized spacial score (nSPS) is 18.1. The molecule has 1 aliphatic rings. The zero-order valence-electron chi connectivity index (χ0n) is 15.3. The highest BCUT2D eigenvalue weighted by Crippen LogP contribution is 2.31. The average Bonchev–Trinajstić information content (AvgIpc) is 3.32. The van der Waals surface area contributed by atoms with Crippen molar-refractivity contribution in [2.45, 2.75) is 44.4 Å². The van der Waals surface area contributed by atoms with E-state index < -0.39 is 23.8 Å². The van der Waals surface area contributed by atoms with Gasteiger partial charge in [-0.1, -0.05) is 18.2 Å². The summed E-state index contributed by atoms with van der Waals surface area (Å²) in [4.78, 5) is 27.8. The number of nitrogens with one attached hydrogen (secondary N) is 1. The molecule has 3 rings (SSSR count). The molecule has 0 bridgehead atoms. The van der Waals surface area contributed by atoms with E-state index in [1.165, 1.54) is 17.4 Å². The summed E-state index contributed by atoms with van der Waals surface area (Å²) in [5.41, 5.74) is -0.377. The maximum absolute atomic E-state index is 12.9. The van der Waals surface area contributed by atoms with Gasteiger partial charge in [-0.25, -0.2) is 0 Å². The molecule has 2 unspecified atom stereocenters. The summed E-state index contributed by atoms with van der Waals surface area (Å²) in [6.07, 6.45) is -2.90. The quantitative estimate of drug-likeness (QED) is 0.804. The van der Waals surface area contributed by atoms with Crippen LogP contribution in [0.25, 0.3) is 0 Å². The van der Waals surface area contributed by atoms with Crippen molar-refractivity contribution in [1.82, 2.24) is 10.2 Å². The monoisotopic (exact) mass is 410 g/mol. The number of benzene rings is 1. The molecule has 1 fully saturated rings. The summed E-state index contributed by atoms with van der Waals surface area (Å²) in [5.74, 6) is -0.436. The van der Waals surface area contributed by atoms with Crippen molar-refractivity contribution in [3.8, 4) is 0 Å². The molecule has 1 N–H and O–H groups in total. The van der Waals surface area contributed by atoms with Crippen LogP contribution in [0.4, 0.5) is 13.2 Å². The molecule has 4 nitrogen and oxygen atoms in total. The maximum atomic E-state index is 12.9. The van der Waals surface area contributed by atoms with E-state index in [1.807, 2.05) is 17.5 Å². The molecule has 1 saturated heterocycles. The first kappa shape index (κ1) is 20.4. The number of rotatable bonds is 5. The lowest BCUT2D eigenvalue weighted by Crippen LogP contribution is -2.47. The van der Waals surface area contributed by atoms with Crippen LogP contribution in [0.2, 0.25) is 0 Å². The van der Waals surface area contributed by atoms with Gasteiger partial charge in [-0.05, 0) is 48.9 Å². The molecule has 1 aromatic carbocycles. The van der Waals surface area contributed by atoms with E-state index in [2.05, 4.69) is 5.32 Å². The fraction of sp³-hybridized carbons (Fsp3) is 0.400. The number of hydrogen-bond donors (Lipinski definition) is 1.